The Morgan fingerprint density at radius 2 is 2.26 bits per heavy atom. The molecule has 3 aliphatic rings. The van der Waals surface area contributed by atoms with E-state index >= 15 is 0 Å². The normalized spacial score (nSPS) is 37.2. The minimum absolute atomic E-state index is 0.0385. The molecule has 1 spiro atoms. The molecule has 120 valence electrons. The first kappa shape index (κ1) is 14.6. The van der Waals surface area contributed by atoms with Crippen molar-refractivity contribution in [2.45, 2.75) is 50.0 Å². The van der Waals surface area contributed by atoms with Crippen molar-refractivity contribution in [3.63, 3.8) is 0 Å². The molecule has 23 heavy (non-hydrogen) atoms. The summed E-state index contributed by atoms with van der Waals surface area (Å²) in [6.45, 7) is 6.44. The van der Waals surface area contributed by atoms with E-state index in [4.69, 9.17) is 5.53 Å². The average Bonchev–Trinajstić information content (AvgIpc) is 2.89. The van der Waals surface area contributed by atoms with Gasteiger partial charge in [-0.1, -0.05) is 17.8 Å². The number of nitrogens with zero attached hydrogens (tertiary/aromatic N) is 3. The molecular weight excluding hydrogens is 290 g/mol. The fraction of sp³-hybridized carbons (Fsp3) is 0.556. The molecular formula is C18H21N3O2. The molecule has 2 fully saturated rings. The van der Waals surface area contributed by atoms with Crippen LogP contribution in [0.1, 0.15) is 54.2 Å². The van der Waals surface area contributed by atoms with E-state index in [0.29, 0.717) is 18.9 Å². The molecule has 0 amide bonds. The summed E-state index contributed by atoms with van der Waals surface area (Å²) in [5, 5.41) is 24.9. The van der Waals surface area contributed by atoms with Crippen LogP contribution in [0.15, 0.2) is 29.4 Å². The molecule has 0 heterocycles. The zero-order chi connectivity index (χ0) is 16.4. The first-order chi connectivity index (χ1) is 10.9. The van der Waals surface area contributed by atoms with Gasteiger partial charge in [0, 0.05) is 11.5 Å². The Balaban J connectivity index is 1.93. The SMILES string of the molecule is C=C1C[C@]23C[C@@]1(O)CC[C@H]2c1ccc(O)c(C)c1[C@@H]3CN=[N+]=[N-]. The fourth-order valence-corrected chi connectivity index (χ4v) is 5.61. The van der Waals surface area contributed by atoms with Gasteiger partial charge in [0.1, 0.15) is 5.75 Å². The summed E-state index contributed by atoms with van der Waals surface area (Å²) >= 11 is 0. The van der Waals surface area contributed by atoms with Gasteiger partial charge in [-0.3, -0.25) is 0 Å². The predicted octanol–water partition coefficient (Wildman–Crippen LogP) is 4.05. The van der Waals surface area contributed by atoms with E-state index in [1.807, 2.05) is 13.0 Å². The maximum Gasteiger partial charge on any atom is 0.118 e. The van der Waals surface area contributed by atoms with Crippen LogP contribution in [0.5, 0.6) is 5.75 Å². The summed E-state index contributed by atoms with van der Waals surface area (Å²) < 4.78 is 0. The van der Waals surface area contributed by atoms with Gasteiger partial charge in [-0.25, -0.2) is 0 Å². The Morgan fingerprint density at radius 3 is 3.00 bits per heavy atom. The van der Waals surface area contributed by atoms with Crippen molar-refractivity contribution in [3.05, 3.63) is 51.4 Å². The first-order valence-electron chi connectivity index (χ1n) is 8.17. The lowest BCUT2D eigenvalue weighted by Crippen LogP contribution is -2.38. The molecule has 4 rings (SSSR count). The van der Waals surface area contributed by atoms with Crippen LogP contribution < -0.4 is 0 Å². The minimum Gasteiger partial charge on any atom is -0.508 e. The van der Waals surface area contributed by atoms with E-state index in [2.05, 4.69) is 16.6 Å². The Hall–Kier alpha value is -1.97. The monoisotopic (exact) mass is 311 g/mol. The molecule has 0 aromatic heterocycles. The number of benzene rings is 1. The zero-order valence-corrected chi connectivity index (χ0v) is 13.3. The third-order valence-corrected chi connectivity index (χ3v) is 6.63. The topological polar surface area (TPSA) is 89.2 Å². The molecule has 0 radical (unpaired) electrons. The second-order valence-corrected chi connectivity index (χ2v) is 7.49. The highest BCUT2D eigenvalue weighted by Gasteiger charge is 2.64. The van der Waals surface area contributed by atoms with Crippen LogP contribution >= 0.6 is 0 Å². The van der Waals surface area contributed by atoms with Crippen molar-refractivity contribution in [3.8, 4) is 5.75 Å². The van der Waals surface area contributed by atoms with Crippen LogP contribution in [-0.4, -0.2) is 22.4 Å². The quantitative estimate of drug-likeness (QED) is 0.373. The van der Waals surface area contributed by atoms with Crippen LogP contribution in [0.4, 0.5) is 0 Å². The van der Waals surface area contributed by atoms with Gasteiger partial charge in [0.2, 0.25) is 0 Å². The number of hydrogen-bond donors (Lipinski definition) is 2. The summed E-state index contributed by atoms with van der Waals surface area (Å²) in [6, 6.07) is 3.79. The van der Waals surface area contributed by atoms with E-state index in [9.17, 15) is 10.2 Å². The van der Waals surface area contributed by atoms with Crippen molar-refractivity contribution in [2.24, 2.45) is 10.5 Å². The van der Waals surface area contributed by atoms with Gasteiger partial charge in [0.15, 0.2) is 0 Å². The van der Waals surface area contributed by atoms with E-state index in [1.54, 1.807) is 6.07 Å². The van der Waals surface area contributed by atoms with Gasteiger partial charge in [0.25, 0.3) is 0 Å². The number of phenols is 1. The highest BCUT2D eigenvalue weighted by Crippen LogP contribution is 2.71. The van der Waals surface area contributed by atoms with Crippen molar-refractivity contribution in [2.75, 3.05) is 6.54 Å². The summed E-state index contributed by atoms with van der Waals surface area (Å²) in [5.74, 6) is 0.670. The Labute approximate surface area is 135 Å². The number of aliphatic hydroxyl groups is 1. The standard InChI is InChI=1S/C18H21N3O2/c1-10-7-17-9-18(10,23)6-5-13(17)12-3-4-15(22)11(2)16(12)14(17)8-20-21-19/h3-4,13-14,22-23H,1,5-9H2,2H3/t13-,14-,17-,18-/m0/s1. The maximum absolute atomic E-state index is 10.9. The minimum atomic E-state index is -0.775. The number of fused-ring (bicyclic) bond motifs is 3. The van der Waals surface area contributed by atoms with Crippen molar-refractivity contribution >= 4 is 0 Å². The van der Waals surface area contributed by atoms with Gasteiger partial charge < -0.3 is 10.2 Å². The second-order valence-electron chi connectivity index (χ2n) is 7.49. The number of phenolic OH excluding ortho intramolecular Hbond substituents is 1. The molecule has 5 nitrogen and oxygen atoms in total. The number of azide groups is 1. The van der Waals surface area contributed by atoms with Gasteiger partial charge in [-0.2, -0.15) is 0 Å². The molecule has 2 N–H and O–H groups in total. The van der Waals surface area contributed by atoms with Crippen LogP contribution in [-0.2, 0) is 0 Å². The van der Waals surface area contributed by atoms with Gasteiger partial charge in [-0.05, 0) is 83.7 Å². The Kier molecular flexibility index (Phi) is 2.88. The Morgan fingerprint density at radius 1 is 1.48 bits per heavy atom. The summed E-state index contributed by atoms with van der Waals surface area (Å²) in [7, 11) is 0. The molecule has 5 heteroatoms. The maximum atomic E-state index is 10.9. The Bertz CT molecular complexity index is 768. The largest absolute Gasteiger partial charge is 0.508 e. The zero-order valence-electron chi connectivity index (χ0n) is 13.3. The first-order valence-corrected chi connectivity index (χ1v) is 8.17. The van der Waals surface area contributed by atoms with Gasteiger partial charge in [0.05, 0.1) is 5.60 Å². The van der Waals surface area contributed by atoms with E-state index in [1.165, 1.54) is 5.56 Å². The number of hydrogen-bond acceptors (Lipinski definition) is 3. The van der Waals surface area contributed by atoms with Gasteiger partial charge in [-0.15, -0.1) is 0 Å². The molecule has 0 unspecified atom stereocenters. The highest BCUT2D eigenvalue weighted by atomic mass is 16.3. The molecule has 0 saturated heterocycles. The van der Waals surface area contributed by atoms with Crippen molar-refractivity contribution in [1.29, 1.82) is 0 Å². The van der Waals surface area contributed by atoms with Crippen LogP contribution in [0.2, 0.25) is 0 Å². The van der Waals surface area contributed by atoms with Crippen LogP contribution in [0, 0.1) is 12.3 Å². The van der Waals surface area contributed by atoms with Crippen molar-refractivity contribution in [1.82, 2.24) is 0 Å². The van der Waals surface area contributed by atoms with E-state index in [0.717, 1.165) is 36.0 Å². The molecule has 4 atom stereocenters. The number of aromatic hydroxyl groups is 1. The predicted molar refractivity (Wildman–Crippen MR) is 87.3 cm³/mol. The molecule has 2 bridgehead atoms. The van der Waals surface area contributed by atoms with Gasteiger partial charge >= 0.3 is 0 Å². The lowest BCUT2D eigenvalue weighted by Gasteiger charge is -2.42. The highest BCUT2D eigenvalue weighted by molar-refractivity contribution is 5.55. The second kappa shape index (κ2) is 4.53. The molecule has 1 aromatic rings. The summed E-state index contributed by atoms with van der Waals surface area (Å²) in [6.07, 6.45) is 3.12. The lowest BCUT2D eigenvalue weighted by atomic mass is 9.63. The lowest BCUT2D eigenvalue weighted by molar-refractivity contribution is 0.00709. The molecule has 2 saturated carbocycles. The number of rotatable bonds is 2. The van der Waals surface area contributed by atoms with Crippen LogP contribution in [0.3, 0.4) is 0 Å². The third-order valence-electron chi connectivity index (χ3n) is 6.63. The summed E-state index contributed by atoms with van der Waals surface area (Å²) in [5.41, 5.74) is 12.1. The van der Waals surface area contributed by atoms with E-state index < -0.39 is 5.60 Å². The average molecular weight is 311 g/mol. The van der Waals surface area contributed by atoms with E-state index in [-0.39, 0.29) is 17.1 Å². The van der Waals surface area contributed by atoms with Crippen molar-refractivity contribution < 1.29 is 10.2 Å². The third kappa shape index (κ3) is 1.69. The van der Waals surface area contributed by atoms with Crippen LogP contribution in [0.25, 0.3) is 10.4 Å². The summed E-state index contributed by atoms with van der Waals surface area (Å²) in [4.78, 5) is 2.95. The smallest absolute Gasteiger partial charge is 0.118 e. The molecule has 1 aromatic carbocycles. The molecule has 0 aliphatic heterocycles. The fourth-order valence-electron chi connectivity index (χ4n) is 5.61. The molecule has 3 aliphatic carbocycles.